The first kappa shape index (κ1) is 20.9. The summed E-state index contributed by atoms with van der Waals surface area (Å²) < 4.78 is 25.6. The number of halogens is 1. The van der Waals surface area contributed by atoms with Gasteiger partial charge in [-0.3, -0.25) is 14.6 Å². The Morgan fingerprint density at radius 3 is 2.60 bits per heavy atom. The summed E-state index contributed by atoms with van der Waals surface area (Å²) >= 11 is 0. The summed E-state index contributed by atoms with van der Waals surface area (Å²) in [6.45, 7) is 7.09. The second-order valence-corrected chi connectivity index (χ2v) is 8.06. The molecule has 3 fully saturated rings. The molecule has 0 saturated carbocycles. The number of cyclic esters (lactones) is 1. The maximum atomic E-state index is 14.9. The zero-order valence-corrected chi connectivity index (χ0v) is 17.3. The molecule has 0 radical (unpaired) electrons. The Kier molecular flexibility index (Phi) is 6.38. The van der Waals surface area contributed by atoms with Crippen molar-refractivity contribution in [1.82, 2.24) is 10.2 Å². The number of anilines is 2. The van der Waals surface area contributed by atoms with Gasteiger partial charge in [0.1, 0.15) is 11.9 Å². The molecular formula is C21H29FN4O4. The molecule has 0 aromatic heterocycles. The van der Waals surface area contributed by atoms with E-state index in [0.717, 1.165) is 52.2 Å². The van der Waals surface area contributed by atoms with Crippen LogP contribution in [0.4, 0.5) is 20.6 Å². The number of nitrogens with zero attached hydrogens (tertiary/aromatic N) is 3. The Bertz CT molecular complexity index is 778. The van der Waals surface area contributed by atoms with Gasteiger partial charge in [-0.05, 0) is 31.0 Å². The smallest absolute Gasteiger partial charge is 0.414 e. The van der Waals surface area contributed by atoms with Crippen LogP contribution in [0.2, 0.25) is 0 Å². The summed E-state index contributed by atoms with van der Waals surface area (Å²) in [6, 6.07) is 5.43. The molecule has 1 N–H and O–H groups in total. The summed E-state index contributed by atoms with van der Waals surface area (Å²) in [5.74, 6) is -0.521. The van der Waals surface area contributed by atoms with Gasteiger partial charge in [0.25, 0.3) is 0 Å². The number of hydrogen-bond donors (Lipinski definition) is 1. The number of carbonyl (C=O) groups excluding carboxylic acids is 2. The highest BCUT2D eigenvalue weighted by molar-refractivity contribution is 5.90. The third-order valence-electron chi connectivity index (χ3n) is 6.06. The van der Waals surface area contributed by atoms with Crippen LogP contribution in [0.15, 0.2) is 18.2 Å². The van der Waals surface area contributed by atoms with Crippen molar-refractivity contribution < 1.29 is 23.5 Å². The average Bonchev–Trinajstić information content (AvgIpc) is 3.13. The number of morpholine rings is 1. The topological polar surface area (TPSA) is 74.4 Å². The van der Waals surface area contributed by atoms with Gasteiger partial charge in [-0.1, -0.05) is 0 Å². The van der Waals surface area contributed by atoms with E-state index in [4.69, 9.17) is 9.47 Å². The Morgan fingerprint density at radius 1 is 1.20 bits per heavy atom. The fraction of sp³-hybridized carbons (Fsp3) is 0.619. The Labute approximate surface area is 175 Å². The number of nitrogens with one attached hydrogen (secondary N) is 1. The number of amides is 2. The lowest BCUT2D eigenvalue weighted by Crippen LogP contribution is -2.49. The van der Waals surface area contributed by atoms with Crippen LogP contribution in [0.25, 0.3) is 0 Å². The molecule has 2 amide bonds. The summed E-state index contributed by atoms with van der Waals surface area (Å²) in [5, 5.41) is 2.64. The molecule has 3 aliphatic rings. The second-order valence-electron chi connectivity index (χ2n) is 8.06. The van der Waals surface area contributed by atoms with E-state index in [1.54, 1.807) is 12.1 Å². The van der Waals surface area contributed by atoms with Crippen LogP contribution in [-0.4, -0.2) is 81.5 Å². The standard InChI is InChI=1S/C21H29FN4O4/c1-15(27)23-13-18-14-26(21(28)30-18)17-2-3-20(19(22)12-17)25-6-4-16(5-7-25)24-8-10-29-11-9-24/h2-3,12,16,18H,4-11,13-14H2,1H3,(H,23,27)/t18-/m0/s1. The van der Waals surface area contributed by atoms with E-state index in [2.05, 4.69) is 15.1 Å². The normalized spacial score (nSPS) is 23.5. The quantitative estimate of drug-likeness (QED) is 0.780. The first-order valence-electron chi connectivity index (χ1n) is 10.6. The maximum Gasteiger partial charge on any atom is 0.414 e. The molecule has 1 aromatic rings. The first-order valence-corrected chi connectivity index (χ1v) is 10.6. The van der Waals surface area contributed by atoms with Crippen LogP contribution in [0.1, 0.15) is 19.8 Å². The molecule has 0 spiro atoms. The van der Waals surface area contributed by atoms with Crippen molar-refractivity contribution in [2.75, 3.05) is 62.3 Å². The van der Waals surface area contributed by atoms with E-state index in [-0.39, 0.29) is 24.8 Å². The zero-order valence-electron chi connectivity index (χ0n) is 17.3. The lowest BCUT2D eigenvalue weighted by atomic mass is 10.0. The average molecular weight is 420 g/mol. The van der Waals surface area contributed by atoms with Crippen LogP contribution >= 0.6 is 0 Å². The highest BCUT2D eigenvalue weighted by atomic mass is 19.1. The first-order chi connectivity index (χ1) is 14.5. The fourth-order valence-corrected chi connectivity index (χ4v) is 4.43. The van der Waals surface area contributed by atoms with Crippen molar-refractivity contribution in [2.45, 2.75) is 31.9 Å². The third kappa shape index (κ3) is 4.67. The van der Waals surface area contributed by atoms with Gasteiger partial charge in [-0.15, -0.1) is 0 Å². The molecule has 3 heterocycles. The van der Waals surface area contributed by atoms with E-state index in [0.29, 0.717) is 17.4 Å². The molecule has 0 bridgehead atoms. The molecule has 164 valence electrons. The van der Waals surface area contributed by atoms with E-state index >= 15 is 0 Å². The van der Waals surface area contributed by atoms with Crippen LogP contribution in [0, 0.1) is 5.82 Å². The summed E-state index contributed by atoms with van der Waals surface area (Å²) in [7, 11) is 0. The van der Waals surface area contributed by atoms with Gasteiger partial charge in [-0.2, -0.15) is 0 Å². The Hall–Kier alpha value is -2.39. The van der Waals surface area contributed by atoms with Crippen LogP contribution < -0.4 is 15.1 Å². The van der Waals surface area contributed by atoms with Gasteiger partial charge in [0.2, 0.25) is 5.91 Å². The minimum Gasteiger partial charge on any atom is -0.442 e. The van der Waals surface area contributed by atoms with Crippen molar-refractivity contribution in [3.63, 3.8) is 0 Å². The highest BCUT2D eigenvalue weighted by Crippen LogP contribution is 2.30. The molecule has 0 unspecified atom stereocenters. The fourth-order valence-electron chi connectivity index (χ4n) is 4.43. The number of piperidine rings is 1. The number of ether oxygens (including phenoxy) is 2. The lowest BCUT2D eigenvalue weighted by molar-refractivity contribution is -0.119. The van der Waals surface area contributed by atoms with E-state index in [9.17, 15) is 14.0 Å². The summed E-state index contributed by atoms with van der Waals surface area (Å²) in [4.78, 5) is 29.2. The van der Waals surface area contributed by atoms with Crippen molar-refractivity contribution in [3.05, 3.63) is 24.0 Å². The van der Waals surface area contributed by atoms with Gasteiger partial charge in [-0.25, -0.2) is 9.18 Å². The van der Waals surface area contributed by atoms with E-state index < -0.39 is 12.2 Å². The molecule has 1 aromatic carbocycles. The largest absolute Gasteiger partial charge is 0.442 e. The summed E-state index contributed by atoms with van der Waals surface area (Å²) in [6.07, 6.45) is 1.04. The van der Waals surface area contributed by atoms with E-state index in [1.807, 2.05) is 0 Å². The van der Waals surface area contributed by atoms with Gasteiger partial charge in [0, 0.05) is 39.1 Å². The van der Waals surface area contributed by atoms with Crippen LogP contribution in [0.3, 0.4) is 0 Å². The van der Waals surface area contributed by atoms with Crippen LogP contribution in [-0.2, 0) is 14.3 Å². The van der Waals surface area contributed by atoms with Crippen molar-refractivity contribution in [2.24, 2.45) is 0 Å². The van der Waals surface area contributed by atoms with Crippen molar-refractivity contribution in [3.8, 4) is 0 Å². The van der Waals surface area contributed by atoms with Crippen molar-refractivity contribution >= 4 is 23.4 Å². The number of carbonyl (C=O) groups is 2. The molecule has 30 heavy (non-hydrogen) atoms. The molecule has 0 aliphatic carbocycles. The van der Waals surface area contributed by atoms with E-state index in [1.165, 1.54) is 17.9 Å². The van der Waals surface area contributed by atoms with Crippen LogP contribution in [0.5, 0.6) is 0 Å². The second kappa shape index (κ2) is 9.18. The minimum absolute atomic E-state index is 0.183. The maximum absolute atomic E-state index is 14.9. The van der Waals surface area contributed by atoms with Gasteiger partial charge in [0.15, 0.2) is 0 Å². The molecule has 3 saturated heterocycles. The highest BCUT2D eigenvalue weighted by Gasteiger charge is 2.33. The Morgan fingerprint density at radius 2 is 1.93 bits per heavy atom. The summed E-state index contributed by atoms with van der Waals surface area (Å²) in [5.41, 5.74) is 1.04. The monoisotopic (exact) mass is 420 g/mol. The molecule has 8 nitrogen and oxygen atoms in total. The molecule has 9 heteroatoms. The van der Waals surface area contributed by atoms with Crippen molar-refractivity contribution in [1.29, 1.82) is 0 Å². The molecule has 4 rings (SSSR count). The Balaban J connectivity index is 1.35. The third-order valence-corrected chi connectivity index (χ3v) is 6.06. The van der Waals surface area contributed by atoms with Gasteiger partial charge < -0.3 is 19.7 Å². The molecule has 3 aliphatic heterocycles. The predicted octanol–water partition coefficient (Wildman–Crippen LogP) is 1.59. The van der Waals surface area contributed by atoms with Gasteiger partial charge >= 0.3 is 6.09 Å². The number of benzene rings is 1. The van der Waals surface area contributed by atoms with Gasteiger partial charge in [0.05, 0.1) is 37.7 Å². The number of hydrogen-bond acceptors (Lipinski definition) is 6. The lowest BCUT2D eigenvalue weighted by Gasteiger charge is -2.40. The zero-order chi connectivity index (χ0) is 21.1. The predicted molar refractivity (Wildman–Crippen MR) is 110 cm³/mol. The molecular weight excluding hydrogens is 391 g/mol. The molecule has 1 atom stereocenters. The number of rotatable bonds is 5. The minimum atomic E-state index is -0.524. The SMILES string of the molecule is CC(=O)NC[C@H]1CN(c2ccc(N3CCC(N4CCOCC4)CC3)c(F)c2)C(=O)O1.